The van der Waals surface area contributed by atoms with Crippen LogP contribution in [0.5, 0.6) is 0 Å². The van der Waals surface area contributed by atoms with Crippen LogP contribution in [0, 0.1) is 0 Å². The lowest BCUT2D eigenvalue weighted by Crippen LogP contribution is -2.52. The molecule has 2 aliphatic heterocycles. The molecule has 0 radical (unpaired) electrons. The number of nitrogens with one attached hydrogen (secondary N) is 1. The molecule has 102 valence electrons. The molecule has 18 heavy (non-hydrogen) atoms. The molecule has 2 N–H and O–H groups in total. The van der Waals surface area contributed by atoms with Crippen molar-refractivity contribution in [3.05, 3.63) is 0 Å². The topological polar surface area (TPSA) is 78.9 Å². The second-order valence-electron chi connectivity index (χ2n) is 5.06. The summed E-state index contributed by atoms with van der Waals surface area (Å²) in [5.41, 5.74) is -0.488. The summed E-state index contributed by atoms with van der Waals surface area (Å²) in [4.78, 5) is 23.7. The minimum Gasteiger partial charge on any atom is -0.465 e. The van der Waals surface area contributed by atoms with Crippen molar-refractivity contribution in [1.82, 2.24) is 10.2 Å². The first-order chi connectivity index (χ1) is 8.57. The molecular weight excluding hydrogens is 236 g/mol. The highest BCUT2D eigenvalue weighted by Crippen LogP contribution is 2.36. The predicted molar refractivity (Wildman–Crippen MR) is 64.5 cm³/mol. The maximum Gasteiger partial charge on any atom is 0.408 e. The Morgan fingerprint density at radius 3 is 2.78 bits per heavy atom. The largest absolute Gasteiger partial charge is 0.465 e. The van der Waals surface area contributed by atoms with E-state index in [0.717, 1.165) is 19.3 Å². The van der Waals surface area contributed by atoms with Crippen molar-refractivity contribution >= 4 is 12.2 Å². The molecule has 0 aromatic rings. The summed E-state index contributed by atoms with van der Waals surface area (Å²) in [5.74, 6) is 0. The normalized spacial score (nSPS) is 25.9. The Morgan fingerprint density at radius 2 is 2.22 bits per heavy atom. The van der Waals surface area contributed by atoms with Crippen LogP contribution >= 0.6 is 0 Å². The molecule has 0 aromatic heterocycles. The molecule has 0 saturated carbocycles. The number of likely N-dealkylation sites (tertiary alicyclic amines) is 1. The van der Waals surface area contributed by atoms with Gasteiger partial charge in [0.2, 0.25) is 0 Å². The number of piperidine rings is 1. The molecule has 1 spiro atoms. The minimum absolute atomic E-state index is 0.0286. The second kappa shape index (κ2) is 5.04. The van der Waals surface area contributed by atoms with Gasteiger partial charge in [0.25, 0.3) is 0 Å². The van der Waals surface area contributed by atoms with Gasteiger partial charge in [0, 0.05) is 25.9 Å². The Bertz CT molecular complexity index is 337. The van der Waals surface area contributed by atoms with Gasteiger partial charge in [-0.25, -0.2) is 9.59 Å². The first-order valence-corrected chi connectivity index (χ1v) is 6.55. The number of carbonyl (C=O) groups is 2. The average molecular weight is 256 g/mol. The SMILES string of the molecule is CCCCC1NC(=O)OC12CCN(C(=O)O)CC2. The molecule has 0 bridgehead atoms. The van der Waals surface area contributed by atoms with E-state index < -0.39 is 11.7 Å². The van der Waals surface area contributed by atoms with E-state index in [9.17, 15) is 9.59 Å². The zero-order valence-electron chi connectivity index (χ0n) is 10.6. The van der Waals surface area contributed by atoms with Crippen LogP contribution in [0.1, 0.15) is 39.0 Å². The van der Waals surface area contributed by atoms with Gasteiger partial charge in [-0.1, -0.05) is 19.8 Å². The molecule has 1 atom stereocenters. The molecule has 2 amide bonds. The van der Waals surface area contributed by atoms with Gasteiger partial charge in [-0.3, -0.25) is 0 Å². The van der Waals surface area contributed by atoms with Crippen molar-refractivity contribution in [2.24, 2.45) is 0 Å². The van der Waals surface area contributed by atoms with E-state index in [1.807, 2.05) is 0 Å². The third-order valence-electron chi connectivity index (χ3n) is 3.95. The third-order valence-corrected chi connectivity index (χ3v) is 3.95. The Hall–Kier alpha value is -1.46. The van der Waals surface area contributed by atoms with Crippen LogP contribution in [0.4, 0.5) is 9.59 Å². The van der Waals surface area contributed by atoms with Gasteiger partial charge in [-0.05, 0) is 6.42 Å². The molecule has 6 nitrogen and oxygen atoms in total. The number of nitrogens with zero attached hydrogens (tertiary/aromatic N) is 1. The first kappa shape index (κ1) is 13.0. The summed E-state index contributed by atoms with van der Waals surface area (Å²) >= 11 is 0. The van der Waals surface area contributed by atoms with Gasteiger partial charge in [0.15, 0.2) is 0 Å². The van der Waals surface area contributed by atoms with Gasteiger partial charge >= 0.3 is 12.2 Å². The Balaban J connectivity index is 2.01. The van der Waals surface area contributed by atoms with Crippen molar-refractivity contribution in [2.75, 3.05) is 13.1 Å². The highest BCUT2D eigenvalue weighted by atomic mass is 16.6. The molecule has 2 fully saturated rings. The van der Waals surface area contributed by atoms with Crippen LogP contribution in [0.2, 0.25) is 0 Å². The van der Waals surface area contributed by atoms with Gasteiger partial charge in [-0.2, -0.15) is 0 Å². The van der Waals surface area contributed by atoms with E-state index in [2.05, 4.69) is 12.2 Å². The van der Waals surface area contributed by atoms with Crippen molar-refractivity contribution < 1.29 is 19.4 Å². The second-order valence-corrected chi connectivity index (χ2v) is 5.06. The number of alkyl carbamates (subject to hydrolysis) is 1. The van der Waals surface area contributed by atoms with Crippen molar-refractivity contribution in [3.63, 3.8) is 0 Å². The van der Waals surface area contributed by atoms with Crippen LogP contribution in [-0.2, 0) is 4.74 Å². The Morgan fingerprint density at radius 1 is 1.56 bits per heavy atom. The number of ether oxygens (including phenoxy) is 1. The fraction of sp³-hybridized carbons (Fsp3) is 0.833. The molecule has 2 saturated heterocycles. The molecule has 2 heterocycles. The van der Waals surface area contributed by atoms with Crippen LogP contribution in [0.3, 0.4) is 0 Å². The molecule has 6 heteroatoms. The van der Waals surface area contributed by atoms with Gasteiger partial charge in [0.1, 0.15) is 5.60 Å². The minimum atomic E-state index is -0.896. The number of carboxylic acid groups (broad SMARTS) is 1. The fourth-order valence-corrected chi connectivity index (χ4v) is 2.83. The smallest absolute Gasteiger partial charge is 0.408 e. The zero-order valence-corrected chi connectivity index (χ0v) is 10.6. The van der Waals surface area contributed by atoms with Gasteiger partial charge in [-0.15, -0.1) is 0 Å². The van der Waals surface area contributed by atoms with Crippen molar-refractivity contribution in [1.29, 1.82) is 0 Å². The van der Waals surface area contributed by atoms with E-state index in [4.69, 9.17) is 9.84 Å². The fourth-order valence-electron chi connectivity index (χ4n) is 2.83. The third kappa shape index (κ3) is 2.37. The van der Waals surface area contributed by atoms with Gasteiger partial charge < -0.3 is 20.1 Å². The lowest BCUT2D eigenvalue weighted by atomic mass is 9.82. The number of hydrogen-bond donors (Lipinski definition) is 2. The molecule has 0 aliphatic carbocycles. The maximum absolute atomic E-state index is 11.4. The lowest BCUT2D eigenvalue weighted by molar-refractivity contribution is -0.0161. The van der Waals surface area contributed by atoms with Gasteiger partial charge in [0.05, 0.1) is 6.04 Å². The number of rotatable bonds is 3. The van der Waals surface area contributed by atoms with E-state index in [1.165, 1.54) is 4.90 Å². The number of carbonyl (C=O) groups excluding carboxylic acids is 1. The van der Waals surface area contributed by atoms with Crippen LogP contribution in [0.25, 0.3) is 0 Å². The number of amides is 2. The molecule has 2 rings (SSSR count). The number of unbranched alkanes of at least 4 members (excludes halogenated alkanes) is 1. The molecule has 1 unspecified atom stereocenters. The molecule has 0 aromatic carbocycles. The molecule has 2 aliphatic rings. The highest BCUT2D eigenvalue weighted by Gasteiger charge is 2.50. The number of hydrogen-bond acceptors (Lipinski definition) is 3. The average Bonchev–Trinajstić information content (AvgIpc) is 2.63. The van der Waals surface area contributed by atoms with E-state index in [1.54, 1.807) is 0 Å². The van der Waals surface area contributed by atoms with Crippen LogP contribution in [-0.4, -0.2) is 46.9 Å². The summed E-state index contributed by atoms with van der Waals surface area (Å²) in [6.07, 6.45) is 2.93. The molecular formula is C12H20N2O4. The summed E-state index contributed by atoms with van der Waals surface area (Å²) in [6, 6.07) is 0.0286. The summed E-state index contributed by atoms with van der Waals surface area (Å²) in [5, 5.41) is 11.8. The van der Waals surface area contributed by atoms with E-state index in [0.29, 0.717) is 25.9 Å². The monoisotopic (exact) mass is 256 g/mol. The summed E-state index contributed by atoms with van der Waals surface area (Å²) in [6.45, 7) is 2.98. The highest BCUT2D eigenvalue weighted by molar-refractivity contribution is 5.71. The Labute approximate surface area is 106 Å². The van der Waals surface area contributed by atoms with E-state index in [-0.39, 0.29) is 12.1 Å². The van der Waals surface area contributed by atoms with Crippen molar-refractivity contribution in [2.45, 2.75) is 50.7 Å². The Kier molecular flexibility index (Phi) is 3.63. The van der Waals surface area contributed by atoms with Crippen molar-refractivity contribution in [3.8, 4) is 0 Å². The zero-order chi connectivity index (χ0) is 13.2. The van der Waals surface area contributed by atoms with Crippen LogP contribution < -0.4 is 5.32 Å². The van der Waals surface area contributed by atoms with Crippen LogP contribution in [0.15, 0.2) is 0 Å². The predicted octanol–water partition coefficient (Wildman–Crippen LogP) is 1.80. The maximum atomic E-state index is 11.4. The summed E-state index contributed by atoms with van der Waals surface area (Å²) < 4.78 is 5.46. The lowest BCUT2D eigenvalue weighted by Gasteiger charge is -2.39. The standard InChI is InChI=1S/C12H20N2O4/c1-2-3-4-9-12(18-10(15)13-9)5-7-14(8-6-12)11(16)17/h9H,2-8H2,1H3,(H,13,15)(H,16,17). The van der Waals surface area contributed by atoms with E-state index >= 15 is 0 Å². The quantitative estimate of drug-likeness (QED) is 0.807. The first-order valence-electron chi connectivity index (χ1n) is 6.55. The summed E-state index contributed by atoms with van der Waals surface area (Å²) in [7, 11) is 0.